The molecule has 1 atom stereocenters. The van der Waals surface area contributed by atoms with Crippen molar-refractivity contribution in [1.82, 2.24) is 14.9 Å². The van der Waals surface area contributed by atoms with Crippen LogP contribution in [0.15, 0.2) is 78.5 Å². The van der Waals surface area contributed by atoms with Crippen LogP contribution in [0.4, 0.5) is 21.7 Å². The molecule has 0 amide bonds. The quantitative estimate of drug-likeness (QED) is 0.135. The number of nitrogens with one attached hydrogen (secondary N) is 1. The van der Waals surface area contributed by atoms with Gasteiger partial charge in [-0.3, -0.25) is 4.79 Å². The molecule has 0 radical (unpaired) electrons. The molecule has 0 aliphatic heterocycles. The Bertz CT molecular complexity index is 1460. The van der Waals surface area contributed by atoms with Crippen molar-refractivity contribution in [2.45, 2.75) is 41.0 Å². The first-order chi connectivity index (χ1) is 19.3. The zero-order chi connectivity index (χ0) is 30.3. The number of nitrogen functional groups attached to an aromatic ring is 1. The fraction of sp³-hybridized carbons (Fsp3) is 0.303. The van der Waals surface area contributed by atoms with E-state index in [1.165, 1.54) is 17.8 Å². The van der Waals surface area contributed by atoms with Gasteiger partial charge >= 0.3 is 0 Å². The monoisotopic (exact) mass is 573 g/mol. The molecule has 6 nitrogen and oxygen atoms in total. The molecule has 0 aliphatic rings. The van der Waals surface area contributed by atoms with E-state index in [-0.39, 0.29) is 22.8 Å². The number of thioether (sulfide) groups is 1. The third-order valence-corrected chi connectivity index (χ3v) is 8.06. The molecular weight excluding hydrogens is 533 g/mol. The summed E-state index contributed by atoms with van der Waals surface area (Å²) in [6, 6.07) is 14.1. The minimum absolute atomic E-state index is 0.0135. The highest BCUT2D eigenvalue weighted by Gasteiger charge is 2.26. The molecule has 0 saturated heterocycles. The lowest BCUT2D eigenvalue weighted by molar-refractivity contribution is 0.104. The number of nitrogens with zero attached hydrogens (tertiary/aromatic N) is 3. The summed E-state index contributed by atoms with van der Waals surface area (Å²) in [5, 5.41) is 3.23. The number of anilines is 3. The van der Waals surface area contributed by atoms with Crippen LogP contribution in [0.25, 0.3) is 10.5 Å². The second-order valence-corrected chi connectivity index (χ2v) is 12.3. The Balaban J connectivity index is 2.08. The smallest absolute Gasteiger partial charge is 0.227 e. The summed E-state index contributed by atoms with van der Waals surface area (Å²) in [7, 11) is 3.72. The first-order valence-corrected chi connectivity index (χ1v) is 14.4. The van der Waals surface area contributed by atoms with Crippen LogP contribution in [0.3, 0.4) is 0 Å². The van der Waals surface area contributed by atoms with E-state index in [9.17, 15) is 4.79 Å². The van der Waals surface area contributed by atoms with E-state index < -0.39 is 5.82 Å². The predicted octanol–water partition coefficient (Wildman–Crippen LogP) is 8.41. The van der Waals surface area contributed by atoms with Crippen LogP contribution < -0.4 is 11.1 Å². The van der Waals surface area contributed by atoms with E-state index in [0.717, 1.165) is 27.5 Å². The SMILES string of the molecule is C=C(S/C(=C(/c1cccc(N)c1F)C(C)CC)c1ccnc(Nc2ccc(C(=O)/C=C/N(C)C)cc2)n1)C(C)(C)C. The lowest BCUT2D eigenvalue weighted by Gasteiger charge is -2.26. The van der Waals surface area contributed by atoms with Crippen molar-refractivity contribution < 1.29 is 9.18 Å². The highest BCUT2D eigenvalue weighted by atomic mass is 32.2. The van der Waals surface area contributed by atoms with Gasteiger partial charge in [0.05, 0.1) is 11.4 Å². The first-order valence-electron chi connectivity index (χ1n) is 13.6. The normalized spacial score (nSPS) is 13.1. The molecule has 1 heterocycles. The Morgan fingerprint density at radius 2 is 1.85 bits per heavy atom. The van der Waals surface area contributed by atoms with E-state index in [4.69, 9.17) is 10.7 Å². The minimum atomic E-state index is -0.440. The molecule has 0 fully saturated rings. The molecular formula is C33H40FN5OS. The Kier molecular flexibility index (Phi) is 10.5. The lowest BCUT2D eigenvalue weighted by atomic mass is 9.90. The van der Waals surface area contributed by atoms with Crippen LogP contribution in [0.2, 0.25) is 0 Å². The number of allylic oxidation sites excluding steroid dienone is 3. The number of rotatable bonds is 11. The summed E-state index contributed by atoms with van der Waals surface area (Å²) >= 11 is 1.50. The molecule has 216 valence electrons. The maximum atomic E-state index is 15.5. The molecule has 41 heavy (non-hydrogen) atoms. The summed E-state index contributed by atoms with van der Waals surface area (Å²) in [4.78, 5) is 25.2. The fourth-order valence-corrected chi connectivity index (χ4v) is 4.99. The Labute approximate surface area is 247 Å². The molecule has 3 aromatic rings. The van der Waals surface area contributed by atoms with Crippen molar-refractivity contribution in [1.29, 1.82) is 0 Å². The van der Waals surface area contributed by atoms with Gasteiger partial charge in [0.1, 0.15) is 0 Å². The van der Waals surface area contributed by atoms with Gasteiger partial charge in [-0.05, 0) is 64.6 Å². The molecule has 3 N–H and O–H groups in total. The number of carbonyl (C=O) groups excluding carboxylic acids is 1. The Morgan fingerprint density at radius 1 is 1.17 bits per heavy atom. The molecule has 8 heteroatoms. The number of ketones is 1. The molecule has 1 unspecified atom stereocenters. The maximum Gasteiger partial charge on any atom is 0.227 e. The zero-order valence-electron chi connectivity index (χ0n) is 25.0. The standard InChI is InChI=1S/C33H40FN5OS/c1-9-21(2)29(25-11-10-12-26(35)30(25)34)31(41-22(3)33(4,5)6)27-17-19-36-32(38-27)37-24-15-13-23(14-16-24)28(40)18-20-39(7)8/h10-21H,3,9,35H2,1-2,4-8H3,(H,36,37,38)/b20-18+,31-29+. The number of aromatic nitrogens is 2. The summed E-state index contributed by atoms with van der Waals surface area (Å²) in [6.07, 6.45) is 5.72. The number of hydrogen-bond donors (Lipinski definition) is 2. The van der Waals surface area contributed by atoms with Gasteiger partial charge in [0.15, 0.2) is 11.6 Å². The number of halogens is 1. The van der Waals surface area contributed by atoms with Gasteiger partial charge in [0, 0.05) is 54.3 Å². The molecule has 0 aliphatic carbocycles. The highest BCUT2D eigenvalue weighted by molar-refractivity contribution is 8.12. The second kappa shape index (κ2) is 13.6. The van der Waals surface area contributed by atoms with Crippen molar-refractivity contribution >= 4 is 45.3 Å². The third-order valence-electron chi connectivity index (χ3n) is 6.57. The number of benzene rings is 2. The van der Waals surface area contributed by atoms with Crippen LogP contribution >= 0.6 is 11.8 Å². The second-order valence-electron chi connectivity index (χ2n) is 11.1. The van der Waals surface area contributed by atoms with Crippen LogP contribution in [0, 0.1) is 17.2 Å². The van der Waals surface area contributed by atoms with Gasteiger partial charge in [0.25, 0.3) is 0 Å². The van der Waals surface area contributed by atoms with Crippen LogP contribution in [-0.2, 0) is 0 Å². The van der Waals surface area contributed by atoms with Crippen molar-refractivity contribution in [3.05, 3.63) is 101 Å². The van der Waals surface area contributed by atoms with Gasteiger partial charge in [-0.25, -0.2) is 14.4 Å². The molecule has 0 spiro atoms. The van der Waals surface area contributed by atoms with Gasteiger partial charge in [0.2, 0.25) is 5.95 Å². The van der Waals surface area contributed by atoms with Crippen molar-refractivity contribution in [2.24, 2.45) is 11.3 Å². The van der Waals surface area contributed by atoms with Crippen molar-refractivity contribution in [3.8, 4) is 0 Å². The Hall–Kier alpha value is -3.91. The van der Waals surface area contributed by atoms with Gasteiger partial charge < -0.3 is 16.0 Å². The number of nitrogens with two attached hydrogens (primary N) is 1. The lowest BCUT2D eigenvalue weighted by Crippen LogP contribution is -2.09. The predicted molar refractivity (Wildman–Crippen MR) is 172 cm³/mol. The van der Waals surface area contributed by atoms with Gasteiger partial charge in [-0.15, -0.1) is 0 Å². The summed E-state index contributed by atoms with van der Waals surface area (Å²) in [5.74, 6) is -0.129. The highest BCUT2D eigenvalue weighted by Crippen LogP contribution is 2.47. The first kappa shape index (κ1) is 31.6. The van der Waals surface area contributed by atoms with E-state index >= 15 is 4.39 Å². The van der Waals surface area contributed by atoms with E-state index in [0.29, 0.717) is 22.8 Å². The number of hydrogen-bond acceptors (Lipinski definition) is 7. The summed E-state index contributed by atoms with van der Waals surface area (Å²) < 4.78 is 15.5. The summed E-state index contributed by atoms with van der Waals surface area (Å²) in [5.41, 5.74) is 9.14. The molecule has 0 saturated carbocycles. The van der Waals surface area contributed by atoms with Crippen molar-refractivity contribution in [2.75, 3.05) is 25.1 Å². The molecule has 0 bridgehead atoms. The van der Waals surface area contributed by atoms with E-state index in [2.05, 4.69) is 51.5 Å². The molecule has 3 rings (SSSR count). The van der Waals surface area contributed by atoms with Crippen LogP contribution in [0.5, 0.6) is 0 Å². The average molecular weight is 574 g/mol. The van der Waals surface area contributed by atoms with Crippen LogP contribution in [-0.4, -0.2) is 34.7 Å². The molecule has 1 aromatic heterocycles. The van der Waals surface area contributed by atoms with E-state index in [1.807, 2.05) is 37.2 Å². The third kappa shape index (κ3) is 8.30. The topological polar surface area (TPSA) is 84.1 Å². The fourth-order valence-electron chi connectivity index (χ4n) is 3.80. The largest absolute Gasteiger partial charge is 0.396 e. The number of carbonyl (C=O) groups is 1. The summed E-state index contributed by atoms with van der Waals surface area (Å²) in [6.45, 7) is 14.8. The van der Waals surface area contributed by atoms with Gasteiger partial charge in [-0.1, -0.05) is 65.1 Å². The zero-order valence-corrected chi connectivity index (χ0v) is 25.8. The molecule has 2 aromatic carbocycles. The maximum absolute atomic E-state index is 15.5. The minimum Gasteiger partial charge on any atom is -0.396 e. The Morgan fingerprint density at radius 3 is 2.46 bits per heavy atom. The van der Waals surface area contributed by atoms with E-state index in [1.54, 1.807) is 42.7 Å². The van der Waals surface area contributed by atoms with Crippen molar-refractivity contribution in [3.63, 3.8) is 0 Å². The van der Waals surface area contributed by atoms with Crippen LogP contribution in [0.1, 0.15) is 62.7 Å². The average Bonchev–Trinajstić information content (AvgIpc) is 2.93. The van der Waals surface area contributed by atoms with Gasteiger partial charge in [-0.2, -0.15) is 0 Å².